The van der Waals surface area contributed by atoms with Crippen LogP contribution in [-0.4, -0.2) is 21.6 Å². The summed E-state index contributed by atoms with van der Waals surface area (Å²) in [6.45, 7) is 0. The maximum Gasteiger partial charge on any atom is 0.316 e. The van der Waals surface area contributed by atoms with Crippen LogP contribution >= 0.6 is 31.9 Å². The number of esters is 2. The van der Waals surface area contributed by atoms with E-state index in [4.69, 9.17) is 4.74 Å². The number of ether oxygens (including phenoxy) is 1. The molecular formula is C14H16Br2O3. The molecule has 4 aliphatic rings. The van der Waals surface area contributed by atoms with Gasteiger partial charge in [-0.25, -0.2) is 0 Å². The molecule has 104 valence electrons. The van der Waals surface area contributed by atoms with E-state index in [1.54, 1.807) is 0 Å². The Morgan fingerprint density at radius 3 is 1.74 bits per heavy atom. The van der Waals surface area contributed by atoms with Crippen LogP contribution in [0.4, 0.5) is 0 Å². The average molecular weight is 392 g/mol. The van der Waals surface area contributed by atoms with Crippen LogP contribution in [0.3, 0.4) is 0 Å². The summed E-state index contributed by atoms with van der Waals surface area (Å²) < 4.78 is 4.98. The minimum Gasteiger partial charge on any atom is -0.393 e. The highest BCUT2D eigenvalue weighted by molar-refractivity contribution is 9.12. The molecule has 6 atom stereocenters. The van der Waals surface area contributed by atoms with Gasteiger partial charge in [0.05, 0.1) is 11.8 Å². The summed E-state index contributed by atoms with van der Waals surface area (Å²) in [5.41, 5.74) is 0. The molecule has 6 unspecified atom stereocenters. The van der Waals surface area contributed by atoms with E-state index in [9.17, 15) is 9.59 Å². The second-order valence-corrected chi connectivity index (χ2v) is 8.59. The highest BCUT2D eigenvalue weighted by Crippen LogP contribution is 2.62. The number of carbonyl (C=O) groups excluding carboxylic acids is 2. The molecule has 1 heterocycles. The van der Waals surface area contributed by atoms with Crippen LogP contribution < -0.4 is 0 Å². The summed E-state index contributed by atoms with van der Waals surface area (Å²) in [5, 5.41) is 0. The first-order valence-electron chi connectivity index (χ1n) is 7.13. The second-order valence-electron chi connectivity index (χ2n) is 6.48. The molecule has 0 aromatic heterocycles. The third kappa shape index (κ3) is 1.60. The van der Waals surface area contributed by atoms with Crippen LogP contribution in [-0.2, 0) is 14.3 Å². The van der Waals surface area contributed by atoms with Crippen LogP contribution in [0.5, 0.6) is 0 Å². The van der Waals surface area contributed by atoms with Crippen molar-refractivity contribution in [1.29, 1.82) is 0 Å². The van der Waals surface area contributed by atoms with Crippen LogP contribution in [0.1, 0.15) is 25.7 Å². The van der Waals surface area contributed by atoms with Crippen LogP contribution in [0, 0.1) is 35.5 Å². The zero-order chi connectivity index (χ0) is 13.3. The van der Waals surface area contributed by atoms with Crippen molar-refractivity contribution in [2.24, 2.45) is 35.5 Å². The van der Waals surface area contributed by atoms with Gasteiger partial charge in [-0.1, -0.05) is 31.9 Å². The molecule has 0 aromatic carbocycles. The highest BCUT2D eigenvalue weighted by Gasteiger charge is 2.62. The fourth-order valence-electron chi connectivity index (χ4n) is 5.23. The zero-order valence-electron chi connectivity index (χ0n) is 10.4. The molecular weight excluding hydrogens is 376 g/mol. The molecule has 5 heteroatoms. The molecule has 0 radical (unpaired) electrons. The van der Waals surface area contributed by atoms with Crippen molar-refractivity contribution in [2.75, 3.05) is 0 Å². The molecule has 4 rings (SSSR count). The molecule has 0 bridgehead atoms. The first kappa shape index (κ1) is 12.8. The van der Waals surface area contributed by atoms with E-state index in [1.807, 2.05) is 0 Å². The molecule has 1 saturated heterocycles. The Morgan fingerprint density at radius 1 is 0.789 bits per heavy atom. The lowest BCUT2D eigenvalue weighted by molar-refractivity contribution is -0.186. The molecule has 3 nitrogen and oxygen atoms in total. The normalized spacial score (nSPS) is 55.7. The minimum atomic E-state index is -0.255. The van der Waals surface area contributed by atoms with Gasteiger partial charge in [-0.3, -0.25) is 9.59 Å². The predicted octanol–water partition coefficient (Wildman–Crippen LogP) is 2.90. The Balaban J connectivity index is 1.77. The lowest BCUT2D eigenvalue weighted by Gasteiger charge is -2.50. The van der Waals surface area contributed by atoms with Crippen molar-refractivity contribution in [2.45, 2.75) is 35.3 Å². The number of alkyl halides is 2. The molecule has 0 spiro atoms. The maximum absolute atomic E-state index is 12.0. The molecule has 1 aliphatic heterocycles. The fraction of sp³-hybridized carbons (Fsp3) is 0.857. The first-order chi connectivity index (χ1) is 9.09. The number of halogens is 2. The average Bonchev–Trinajstić information content (AvgIpc) is 2.65. The van der Waals surface area contributed by atoms with Gasteiger partial charge in [-0.15, -0.1) is 0 Å². The van der Waals surface area contributed by atoms with Gasteiger partial charge in [0.25, 0.3) is 0 Å². The number of cyclic esters (lactones) is 2. The Kier molecular flexibility index (Phi) is 2.90. The Morgan fingerprint density at radius 2 is 1.26 bits per heavy atom. The number of rotatable bonds is 0. The van der Waals surface area contributed by atoms with E-state index >= 15 is 0 Å². The van der Waals surface area contributed by atoms with E-state index in [2.05, 4.69) is 31.9 Å². The molecule has 4 fully saturated rings. The Hall–Kier alpha value is 0.1000. The van der Waals surface area contributed by atoms with Crippen LogP contribution in [0.2, 0.25) is 0 Å². The monoisotopic (exact) mass is 390 g/mol. The van der Waals surface area contributed by atoms with Crippen LogP contribution in [0.25, 0.3) is 0 Å². The van der Waals surface area contributed by atoms with Crippen LogP contribution in [0.15, 0.2) is 0 Å². The van der Waals surface area contributed by atoms with Crippen molar-refractivity contribution < 1.29 is 14.3 Å². The van der Waals surface area contributed by atoms with Gasteiger partial charge in [-0.2, -0.15) is 0 Å². The minimum absolute atomic E-state index is 0.0238. The summed E-state index contributed by atoms with van der Waals surface area (Å²) >= 11 is 7.69. The molecule has 3 aliphatic carbocycles. The lowest BCUT2D eigenvalue weighted by atomic mass is 9.56. The van der Waals surface area contributed by atoms with Crippen molar-refractivity contribution in [3.63, 3.8) is 0 Å². The molecule has 3 saturated carbocycles. The summed E-state index contributed by atoms with van der Waals surface area (Å²) in [4.78, 5) is 25.0. The van der Waals surface area contributed by atoms with Crippen molar-refractivity contribution in [3.8, 4) is 0 Å². The predicted molar refractivity (Wildman–Crippen MR) is 75.9 cm³/mol. The third-order valence-electron chi connectivity index (χ3n) is 5.91. The highest BCUT2D eigenvalue weighted by atomic mass is 79.9. The van der Waals surface area contributed by atoms with E-state index in [0.717, 1.165) is 25.7 Å². The van der Waals surface area contributed by atoms with Gasteiger partial charge in [0.15, 0.2) is 0 Å². The summed E-state index contributed by atoms with van der Waals surface area (Å²) in [7, 11) is 0. The standard InChI is InChI=1S/C14H16Br2O3/c15-11-5-1-3-7-10-8(14(18)19-13(7)17)4-2-6(9(5)10)12(11)16/h5-12H,1-4H2. The maximum atomic E-state index is 12.0. The van der Waals surface area contributed by atoms with Gasteiger partial charge in [0.2, 0.25) is 0 Å². The number of hydrogen-bond acceptors (Lipinski definition) is 3. The Bertz CT molecular complexity index is 414. The molecule has 19 heavy (non-hydrogen) atoms. The van der Waals surface area contributed by atoms with Gasteiger partial charge in [-0.05, 0) is 49.4 Å². The van der Waals surface area contributed by atoms with E-state index < -0.39 is 0 Å². The zero-order valence-corrected chi connectivity index (χ0v) is 13.6. The van der Waals surface area contributed by atoms with Gasteiger partial charge < -0.3 is 4.74 Å². The van der Waals surface area contributed by atoms with Gasteiger partial charge in [0, 0.05) is 9.65 Å². The van der Waals surface area contributed by atoms with Gasteiger partial charge in [0.1, 0.15) is 0 Å². The Labute approximate surface area is 129 Å². The number of carbonyl (C=O) groups is 2. The largest absolute Gasteiger partial charge is 0.393 e. The quantitative estimate of drug-likeness (QED) is 0.362. The van der Waals surface area contributed by atoms with Crippen molar-refractivity contribution >= 4 is 43.8 Å². The molecule has 0 N–H and O–H groups in total. The first-order valence-corrected chi connectivity index (χ1v) is 8.96. The molecule has 0 aromatic rings. The lowest BCUT2D eigenvalue weighted by Crippen LogP contribution is -2.53. The van der Waals surface area contributed by atoms with E-state index in [-0.39, 0.29) is 29.7 Å². The fourth-order valence-corrected chi connectivity index (χ4v) is 7.25. The summed E-state index contributed by atoms with van der Waals surface area (Å²) in [6.07, 6.45) is 3.94. The van der Waals surface area contributed by atoms with Crippen molar-refractivity contribution in [1.82, 2.24) is 0 Å². The summed E-state index contributed by atoms with van der Waals surface area (Å²) in [5.74, 6) is 1.42. The summed E-state index contributed by atoms with van der Waals surface area (Å²) in [6, 6.07) is 0. The molecule has 0 amide bonds. The third-order valence-corrected chi connectivity index (χ3v) is 9.12. The van der Waals surface area contributed by atoms with Crippen molar-refractivity contribution in [3.05, 3.63) is 0 Å². The SMILES string of the molecule is O=C1OC(=O)C2CCC3C(Br)C(Br)C4CCC1C2C43. The van der Waals surface area contributed by atoms with E-state index in [1.165, 1.54) is 0 Å². The van der Waals surface area contributed by atoms with Gasteiger partial charge >= 0.3 is 11.9 Å². The second kappa shape index (κ2) is 4.30. The topological polar surface area (TPSA) is 43.4 Å². The van der Waals surface area contributed by atoms with E-state index in [0.29, 0.717) is 27.4 Å². The number of hydrogen-bond donors (Lipinski definition) is 0. The smallest absolute Gasteiger partial charge is 0.316 e.